The maximum atomic E-state index is 11.3. The molecule has 5 aliphatic carbocycles. The molecule has 3 nitrogen and oxygen atoms in total. The average Bonchev–Trinajstić information content (AvgIpc) is 2.66. The molecular formula is C27H36O3. The van der Waals surface area contributed by atoms with E-state index in [-0.39, 0.29) is 11.0 Å². The second-order valence-electron chi connectivity index (χ2n) is 12.1. The molecule has 7 rings (SSSR count). The Labute approximate surface area is 180 Å². The SMILES string of the molecule is CC1(C)Oc2cc(C34CC5CC(CC(C5)C3)C4)cc(O)c2[C@@H]2C[C@H](CC=O)CC[C@H]21. The van der Waals surface area contributed by atoms with Gasteiger partial charge >= 0.3 is 0 Å². The summed E-state index contributed by atoms with van der Waals surface area (Å²) in [4.78, 5) is 11.1. The quantitative estimate of drug-likeness (QED) is 0.613. The van der Waals surface area contributed by atoms with Gasteiger partial charge in [-0.1, -0.05) is 0 Å². The first-order chi connectivity index (χ1) is 14.4. The molecule has 3 atom stereocenters. The van der Waals surface area contributed by atoms with E-state index in [2.05, 4.69) is 26.0 Å². The summed E-state index contributed by atoms with van der Waals surface area (Å²) in [6, 6.07) is 4.44. The third-order valence-electron chi connectivity index (χ3n) is 9.80. The molecule has 1 N–H and O–H groups in total. The van der Waals surface area contributed by atoms with Crippen molar-refractivity contribution in [3.63, 3.8) is 0 Å². The monoisotopic (exact) mass is 408 g/mol. The third-order valence-corrected chi connectivity index (χ3v) is 9.80. The summed E-state index contributed by atoms with van der Waals surface area (Å²) in [5.74, 6) is 5.19. The zero-order chi connectivity index (χ0) is 20.7. The van der Waals surface area contributed by atoms with E-state index in [1.54, 1.807) is 0 Å². The van der Waals surface area contributed by atoms with Gasteiger partial charge in [0, 0.05) is 17.9 Å². The van der Waals surface area contributed by atoms with Crippen LogP contribution in [0.15, 0.2) is 12.1 Å². The first-order valence-corrected chi connectivity index (χ1v) is 12.4. The summed E-state index contributed by atoms with van der Waals surface area (Å²) in [6.45, 7) is 4.45. The van der Waals surface area contributed by atoms with Crippen molar-refractivity contribution in [1.82, 2.24) is 0 Å². The van der Waals surface area contributed by atoms with Crippen molar-refractivity contribution in [2.75, 3.05) is 0 Å². The van der Waals surface area contributed by atoms with Crippen molar-refractivity contribution in [3.8, 4) is 11.5 Å². The number of phenols is 1. The second kappa shape index (κ2) is 6.50. The van der Waals surface area contributed by atoms with Crippen LogP contribution in [0.3, 0.4) is 0 Å². The van der Waals surface area contributed by atoms with Crippen LogP contribution in [-0.2, 0) is 10.2 Å². The lowest BCUT2D eigenvalue weighted by Crippen LogP contribution is -2.49. The molecule has 0 amide bonds. The molecule has 0 unspecified atom stereocenters. The summed E-state index contributed by atoms with van der Waals surface area (Å²) >= 11 is 0. The van der Waals surface area contributed by atoms with Crippen molar-refractivity contribution in [1.29, 1.82) is 0 Å². The molecular weight excluding hydrogens is 372 g/mol. The molecule has 5 fully saturated rings. The fourth-order valence-electron chi connectivity index (χ4n) is 8.96. The van der Waals surface area contributed by atoms with E-state index in [1.165, 1.54) is 44.1 Å². The number of carbonyl (C=O) groups is 1. The molecule has 4 bridgehead atoms. The molecule has 6 aliphatic rings. The number of hydrogen-bond acceptors (Lipinski definition) is 3. The maximum Gasteiger partial charge on any atom is 0.127 e. The maximum absolute atomic E-state index is 11.3. The van der Waals surface area contributed by atoms with Gasteiger partial charge in [-0.15, -0.1) is 0 Å². The van der Waals surface area contributed by atoms with E-state index >= 15 is 0 Å². The Morgan fingerprint density at radius 3 is 2.33 bits per heavy atom. The fourth-order valence-corrected chi connectivity index (χ4v) is 8.96. The van der Waals surface area contributed by atoms with E-state index in [0.29, 0.717) is 29.9 Å². The minimum absolute atomic E-state index is 0.226. The number of aromatic hydroxyl groups is 1. The topological polar surface area (TPSA) is 46.5 Å². The van der Waals surface area contributed by atoms with Crippen molar-refractivity contribution in [2.45, 2.75) is 95.0 Å². The number of phenolic OH excluding ortho intramolecular Hbond substituents is 1. The lowest BCUT2D eigenvalue weighted by molar-refractivity contribution is -0.109. The summed E-state index contributed by atoms with van der Waals surface area (Å²) in [7, 11) is 0. The molecule has 0 aromatic heterocycles. The van der Waals surface area contributed by atoms with Crippen LogP contribution in [0.25, 0.3) is 0 Å². The number of fused-ring (bicyclic) bond motifs is 3. The molecule has 162 valence electrons. The van der Waals surface area contributed by atoms with Gasteiger partial charge < -0.3 is 14.6 Å². The highest BCUT2D eigenvalue weighted by Crippen LogP contribution is 2.63. The molecule has 1 aromatic rings. The molecule has 30 heavy (non-hydrogen) atoms. The van der Waals surface area contributed by atoms with Crippen LogP contribution in [0.5, 0.6) is 11.5 Å². The number of carbonyl (C=O) groups excluding carboxylic acids is 1. The van der Waals surface area contributed by atoms with Gasteiger partial charge in [-0.2, -0.15) is 0 Å². The largest absolute Gasteiger partial charge is 0.508 e. The van der Waals surface area contributed by atoms with Crippen molar-refractivity contribution >= 4 is 6.29 Å². The van der Waals surface area contributed by atoms with Crippen LogP contribution >= 0.6 is 0 Å². The Kier molecular flexibility index (Phi) is 4.16. The summed E-state index contributed by atoms with van der Waals surface area (Å²) in [5, 5.41) is 11.3. The normalized spacial score (nSPS) is 42.9. The number of hydrogen-bond donors (Lipinski definition) is 1. The molecule has 1 heterocycles. The van der Waals surface area contributed by atoms with E-state index < -0.39 is 0 Å². The number of rotatable bonds is 3. The highest BCUT2D eigenvalue weighted by atomic mass is 16.5. The van der Waals surface area contributed by atoms with Crippen molar-refractivity contribution in [2.24, 2.45) is 29.6 Å². The van der Waals surface area contributed by atoms with Gasteiger partial charge in [0.1, 0.15) is 23.4 Å². The van der Waals surface area contributed by atoms with E-state index in [1.807, 2.05) is 0 Å². The summed E-state index contributed by atoms with van der Waals surface area (Å²) in [5.41, 5.74) is 2.41. The van der Waals surface area contributed by atoms with Gasteiger partial charge in [-0.05, 0) is 124 Å². The van der Waals surface area contributed by atoms with E-state index in [4.69, 9.17) is 4.74 Å². The Morgan fingerprint density at radius 1 is 1.03 bits per heavy atom. The standard InChI is InChI=1S/C27H36O3/c1-26(2)22-4-3-16(5-6-28)10-21(22)25-23(29)11-20(12-24(25)30-26)27-13-17-7-18(14-27)9-19(8-17)15-27/h6,11-12,16-19,21-22,29H,3-5,7-10,13-15H2,1-2H3/t16-,17?,18?,19?,21+,22+,27?/m0/s1. The molecule has 0 radical (unpaired) electrons. The van der Waals surface area contributed by atoms with Gasteiger partial charge in [0.05, 0.1) is 0 Å². The lowest BCUT2D eigenvalue weighted by atomic mass is 9.48. The van der Waals surface area contributed by atoms with Crippen LogP contribution in [-0.4, -0.2) is 17.0 Å². The van der Waals surface area contributed by atoms with Crippen LogP contribution in [0.2, 0.25) is 0 Å². The minimum atomic E-state index is -0.226. The van der Waals surface area contributed by atoms with Gasteiger partial charge in [0.15, 0.2) is 0 Å². The van der Waals surface area contributed by atoms with Gasteiger partial charge in [-0.25, -0.2) is 0 Å². The molecule has 0 saturated heterocycles. The Balaban J connectivity index is 1.41. The summed E-state index contributed by atoms with van der Waals surface area (Å²) < 4.78 is 6.64. The summed E-state index contributed by atoms with van der Waals surface area (Å²) in [6.07, 6.45) is 13.1. The molecule has 1 aromatic carbocycles. The predicted molar refractivity (Wildman–Crippen MR) is 117 cm³/mol. The molecule has 5 saturated carbocycles. The van der Waals surface area contributed by atoms with Crippen LogP contribution in [0.1, 0.15) is 95.1 Å². The first-order valence-electron chi connectivity index (χ1n) is 12.4. The Hall–Kier alpha value is -1.51. The van der Waals surface area contributed by atoms with Crippen molar-refractivity contribution in [3.05, 3.63) is 23.3 Å². The number of benzene rings is 1. The predicted octanol–water partition coefficient (Wildman–Crippen LogP) is 6.12. The van der Waals surface area contributed by atoms with Gasteiger partial charge in [-0.3, -0.25) is 0 Å². The zero-order valence-corrected chi connectivity index (χ0v) is 18.5. The average molecular weight is 409 g/mol. The first kappa shape index (κ1) is 19.2. The van der Waals surface area contributed by atoms with Crippen LogP contribution < -0.4 is 4.74 Å². The number of aldehydes is 1. The van der Waals surface area contributed by atoms with E-state index in [0.717, 1.165) is 54.6 Å². The fraction of sp³-hybridized carbons (Fsp3) is 0.741. The Bertz CT molecular complexity index is 834. The van der Waals surface area contributed by atoms with Crippen LogP contribution in [0.4, 0.5) is 0 Å². The van der Waals surface area contributed by atoms with Crippen LogP contribution in [0, 0.1) is 29.6 Å². The lowest BCUT2D eigenvalue weighted by Gasteiger charge is -2.57. The molecule has 3 heteroatoms. The highest BCUT2D eigenvalue weighted by molar-refractivity contribution is 5.54. The highest BCUT2D eigenvalue weighted by Gasteiger charge is 2.53. The molecule has 1 aliphatic heterocycles. The smallest absolute Gasteiger partial charge is 0.127 e. The van der Waals surface area contributed by atoms with Gasteiger partial charge in [0.2, 0.25) is 0 Å². The Morgan fingerprint density at radius 2 is 1.70 bits per heavy atom. The molecule has 0 spiro atoms. The second-order valence-corrected chi connectivity index (χ2v) is 12.1. The number of ether oxygens (including phenoxy) is 1. The third kappa shape index (κ3) is 2.79. The van der Waals surface area contributed by atoms with Gasteiger partial charge in [0.25, 0.3) is 0 Å². The van der Waals surface area contributed by atoms with Crippen molar-refractivity contribution < 1.29 is 14.6 Å². The van der Waals surface area contributed by atoms with E-state index in [9.17, 15) is 9.90 Å². The zero-order valence-electron chi connectivity index (χ0n) is 18.5. The minimum Gasteiger partial charge on any atom is -0.508 e.